The van der Waals surface area contributed by atoms with Crippen LogP contribution in [0.15, 0.2) is 35.3 Å². The van der Waals surface area contributed by atoms with Gasteiger partial charge in [0.05, 0.1) is 6.54 Å². The first-order valence-corrected chi connectivity index (χ1v) is 12.0. The fraction of sp³-hybridized carbons (Fsp3) is 0.583. The number of amides is 2. The summed E-state index contributed by atoms with van der Waals surface area (Å²) in [5.41, 5.74) is 1.18. The van der Waals surface area contributed by atoms with Crippen LogP contribution in [-0.2, 0) is 9.59 Å². The van der Waals surface area contributed by atoms with Gasteiger partial charge in [-0.15, -0.1) is 0 Å². The van der Waals surface area contributed by atoms with E-state index in [-0.39, 0.29) is 18.4 Å². The third-order valence-corrected chi connectivity index (χ3v) is 6.68. The highest BCUT2D eigenvalue weighted by molar-refractivity contribution is 5.91. The first-order valence-electron chi connectivity index (χ1n) is 12.0. The average Bonchev–Trinajstić information content (AvgIpc) is 3.34. The van der Waals surface area contributed by atoms with Crippen LogP contribution < -0.4 is 10.2 Å². The maximum Gasteiger partial charge on any atom is 0.247 e. The number of hydrogen-bond acceptors (Lipinski definition) is 5. The Balaban J connectivity index is 1.41. The van der Waals surface area contributed by atoms with Gasteiger partial charge in [-0.3, -0.25) is 14.9 Å². The summed E-state index contributed by atoms with van der Waals surface area (Å²) in [6, 6.07) is 9.70. The Kier molecular flexibility index (Phi) is 7.66. The van der Waals surface area contributed by atoms with E-state index in [9.17, 15) is 14.9 Å². The third-order valence-electron chi connectivity index (χ3n) is 6.68. The molecule has 2 amide bonds. The fourth-order valence-corrected chi connectivity index (χ4v) is 4.80. The van der Waals surface area contributed by atoms with Crippen LogP contribution in [-0.4, -0.2) is 90.9 Å². The van der Waals surface area contributed by atoms with Gasteiger partial charge in [0.1, 0.15) is 6.04 Å². The third kappa shape index (κ3) is 5.75. The van der Waals surface area contributed by atoms with Crippen molar-refractivity contribution in [2.24, 2.45) is 4.99 Å². The lowest BCUT2D eigenvalue weighted by Crippen LogP contribution is -2.52. The summed E-state index contributed by atoms with van der Waals surface area (Å²) in [6.07, 6.45) is 6.42. The SMILES string of the molecule is N#CNC(=NC1CCCCN(CC(=O)N2CCCC2)C1=O)N1CCN(c2ccccc2)CC1. The van der Waals surface area contributed by atoms with Crippen LogP contribution in [0.2, 0.25) is 0 Å². The van der Waals surface area contributed by atoms with Crippen LogP contribution in [0.5, 0.6) is 0 Å². The molecule has 0 bridgehead atoms. The number of guanidine groups is 1. The number of aliphatic imine (C=N–C) groups is 1. The lowest BCUT2D eigenvalue weighted by molar-refractivity contribution is -0.140. The molecular formula is C24H33N7O2. The van der Waals surface area contributed by atoms with Crippen molar-refractivity contribution in [2.75, 3.05) is 57.3 Å². The van der Waals surface area contributed by atoms with Gasteiger partial charge in [-0.2, -0.15) is 5.26 Å². The molecule has 1 atom stereocenters. The van der Waals surface area contributed by atoms with Crippen molar-refractivity contribution in [3.8, 4) is 6.19 Å². The Morgan fingerprint density at radius 2 is 1.67 bits per heavy atom. The summed E-state index contributed by atoms with van der Waals surface area (Å²) in [5.74, 6) is 0.370. The van der Waals surface area contributed by atoms with E-state index in [1.165, 1.54) is 5.69 Å². The van der Waals surface area contributed by atoms with E-state index in [0.717, 1.165) is 51.9 Å². The highest BCUT2D eigenvalue weighted by atomic mass is 16.2. The smallest absolute Gasteiger partial charge is 0.247 e. The van der Waals surface area contributed by atoms with Crippen LogP contribution in [0.25, 0.3) is 0 Å². The molecule has 1 unspecified atom stereocenters. The topological polar surface area (TPSA) is 95.3 Å². The molecule has 4 rings (SSSR count). The zero-order valence-corrected chi connectivity index (χ0v) is 19.2. The number of likely N-dealkylation sites (tertiary alicyclic amines) is 2. The van der Waals surface area contributed by atoms with Gasteiger partial charge in [-0.05, 0) is 44.2 Å². The zero-order chi connectivity index (χ0) is 23.0. The van der Waals surface area contributed by atoms with Gasteiger partial charge in [-0.1, -0.05) is 18.2 Å². The van der Waals surface area contributed by atoms with E-state index >= 15 is 0 Å². The predicted molar refractivity (Wildman–Crippen MR) is 126 cm³/mol. The lowest BCUT2D eigenvalue weighted by atomic mass is 10.1. The molecule has 0 aromatic heterocycles. The van der Waals surface area contributed by atoms with Crippen LogP contribution in [0, 0.1) is 11.5 Å². The monoisotopic (exact) mass is 451 g/mol. The van der Waals surface area contributed by atoms with Crippen molar-refractivity contribution in [3.05, 3.63) is 30.3 Å². The quantitative estimate of drug-likeness (QED) is 0.320. The molecule has 0 radical (unpaired) electrons. The maximum absolute atomic E-state index is 13.3. The van der Waals surface area contributed by atoms with Crippen molar-refractivity contribution >= 4 is 23.5 Å². The summed E-state index contributed by atoms with van der Waals surface area (Å²) in [4.78, 5) is 38.5. The minimum absolute atomic E-state index is 0.0258. The first kappa shape index (κ1) is 22.9. The number of benzene rings is 1. The van der Waals surface area contributed by atoms with Gasteiger partial charge in [0.15, 0.2) is 6.19 Å². The van der Waals surface area contributed by atoms with Crippen molar-refractivity contribution in [3.63, 3.8) is 0 Å². The van der Waals surface area contributed by atoms with E-state index in [4.69, 9.17) is 4.99 Å². The molecule has 33 heavy (non-hydrogen) atoms. The van der Waals surface area contributed by atoms with E-state index in [1.54, 1.807) is 4.90 Å². The first-order chi connectivity index (χ1) is 16.2. The second kappa shape index (κ2) is 11.0. The average molecular weight is 452 g/mol. The molecule has 0 aliphatic carbocycles. The summed E-state index contributed by atoms with van der Waals surface area (Å²) >= 11 is 0. The van der Waals surface area contributed by atoms with Gasteiger partial charge in [0, 0.05) is 51.5 Å². The highest BCUT2D eigenvalue weighted by Crippen LogP contribution is 2.19. The van der Waals surface area contributed by atoms with E-state index in [2.05, 4.69) is 22.3 Å². The highest BCUT2D eigenvalue weighted by Gasteiger charge is 2.31. The van der Waals surface area contributed by atoms with E-state index < -0.39 is 6.04 Å². The molecular weight excluding hydrogens is 418 g/mol. The van der Waals surface area contributed by atoms with Crippen molar-refractivity contribution in [1.29, 1.82) is 5.26 Å². The standard InChI is InChI=1S/C24H33N7O2/c25-19-26-24(30-16-14-28(15-17-30)20-8-2-1-3-9-20)27-21-10-4-5-13-31(23(21)33)18-22(32)29-11-6-7-12-29/h1-3,8-9,21H,4-7,10-18H2,(H,26,27). The van der Waals surface area contributed by atoms with Gasteiger partial charge >= 0.3 is 0 Å². The second-order valence-electron chi connectivity index (χ2n) is 8.86. The van der Waals surface area contributed by atoms with Crippen LogP contribution in [0.3, 0.4) is 0 Å². The van der Waals surface area contributed by atoms with Crippen molar-refractivity contribution in [2.45, 2.75) is 38.1 Å². The number of para-hydroxylation sites is 1. The van der Waals surface area contributed by atoms with E-state index in [1.807, 2.05) is 34.2 Å². The van der Waals surface area contributed by atoms with Crippen LogP contribution >= 0.6 is 0 Å². The fourth-order valence-electron chi connectivity index (χ4n) is 4.80. The molecule has 0 spiro atoms. The molecule has 3 aliphatic rings. The Labute approximate surface area is 195 Å². The zero-order valence-electron chi connectivity index (χ0n) is 19.2. The number of anilines is 1. The summed E-state index contributed by atoms with van der Waals surface area (Å²) in [5, 5.41) is 12.0. The molecule has 1 N–H and O–H groups in total. The van der Waals surface area contributed by atoms with Crippen LogP contribution in [0.4, 0.5) is 5.69 Å². The molecule has 3 fully saturated rings. The summed E-state index contributed by atoms with van der Waals surface area (Å²) < 4.78 is 0. The van der Waals surface area contributed by atoms with Crippen molar-refractivity contribution < 1.29 is 9.59 Å². The number of nitrogens with one attached hydrogen (secondary N) is 1. The van der Waals surface area contributed by atoms with Gasteiger partial charge in [0.2, 0.25) is 17.8 Å². The molecule has 3 aliphatic heterocycles. The number of carbonyl (C=O) groups excluding carboxylic acids is 2. The number of nitriles is 1. The minimum atomic E-state index is -0.568. The Hall–Kier alpha value is -3.28. The minimum Gasteiger partial charge on any atom is -0.368 e. The van der Waals surface area contributed by atoms with Crippen LogP contribution in [0.1, 0.15) is 32.1 Å². The predicted octanol–water partition coefficient (Wildman–Crippen LogP) is 1.24. The Bertz CT molecular complexity index is 884. The number of rotatable bonds is 4. The maximum atomic E-state index is 13.3. The van der Waals surface area contributed by atoms with Gasteiger partial charge in [0.25, 0.3) is 0 Å². The molecule has 1 aromatic carbocycles. The number of carbonyl (C=O) groups is 2. The molecule has 176 valence electrons. The van der Waals surface area contributed by atoms with E-state index in [0.29, 0.717) is 32.0 Å². The molecule has 1 aromatic rings. The largest absolute Gasteiger partial charge is 0.368 e. The number of piperazine rings is 1. The Morgan fingerprint density at radius 1 is 0.970 bits per heavy atom. The van der Waals surface area contributed by atoms with Gasteiger partial charge in [-0.25, -0.2) is 4.99 Å². The molecule has 3 heterocycles. The normalized spacial score (nSPS) is 22.2. The number of hydrogen-bond donors (Lipinski definition) is 1. The van der Waals surface area contributed by atoms with Crippen molar-refractivity contribution in [1.82, 2.24) is 20.0 Å². The number of nitrogens with zero attached hydrogens (tertiary/aromatic N) is 6. The second-order valence-corrected chi connectivity index (χ2v) is 8.86. The molecule has 0 saturated carbocycles. The Morgan fingerprint density at radius 3 is 2.36 bits per heavy atom. The molecule has 9 nitrogen and oxygen atoms in total. The van der Waals surface area contributed by atoms with Gasteiger partial charge < -0.3 is 19.6 Å². The lowest BCUT2D eigenvalue weighted by Gasteiger charge is -2.37. The molecule has 9 heteroatoms. The summed E-state index contributed by atoms with van der Waals surface area (Å²) in [6.45, 7) is 5.32. The summed E-state index contributed by atoms with van der Waals surface area (Å²) in [7, 11) is 0. The molecule has 3 saturated heterocycles.